The van der Waals surface area contributed by atoms with Gasteiger partial charge in [0.15, 0.2) is 0 Å². The summed E-state index contributed by atoms with van der Waals surface area (Å²) in [5.41, 5.74) is 6.02. The lowest BCUT2D eigenvalue weighted by Crippen LogP contribution is -2.44. The van der Waals surface area contributed by atoms with Crippen LogP contribution in [0.4, 0.5) is 4.39 Å². The lowest BCUT2D eigenvalue weighted by molar-refractivity contribution is -0.141. The van der Waals surface area contributed by atoms with Crippen molar-refractivity contribution in [2.75, 3.05) is 33.4 Å². The summed E-state index contributed by atoms with van der Waals surface area (Å²) in [5, 5.41) is 0.265. The summed E-state index contributed by atoms with van der Waals surface area (Å²) >= 11 is 11.8. The van der Waals surface area contributed by atoms with Gasteiger partial charge < -0.3 is 20.1 Å². The molecular weight excluding hydrogens is 346 g/mol. The van der Waals surface area contributed by atoms with Crippen LogP contribution in [0.1, 0.15) is 18.1 Å². The van der Waals surface area contributed by atoms with Crippen LogP contribution in [0.3, 0.4) is 0 Å². The Morgan fingerprint density at radius 3 is 2.91 bits per heavy atom. The van der Waals surface area contributed by atoms with Crippen molar-refractivity contribution in [2.45, 2.75) is 18.6 Å². The number of methoxy groups -OCH3 is 1. The largest absolute Gasteiger partial charge is 0.380 e. The van der Waals surface area contributed by atoms with E-state index in [1.54, 1.807) is 4.90 Å². The Balaban J connectivity index is 2.09. The standard InChI is InChI=1S/C15H19Cl2FN2O3/c1-22-9(7-19)4-15(21)20-2-3-23-14(8-20)10-5-13(18)12(17)6-11(10)16/h5-6,9,14H,2-4,7-8,19H2,1H3. The van der Waals surface area contributed by atoms with Gasteiger partial charge in [0.05, 0.1) is 30.7 Å². The fourth-order valence-corrected chi connectivity index (χ4v) is 2.94. The van der Waals surface area contributed by atoms with E-state index >= 15 is 0 Å². The van der Waals surface area contributed by atoms with Crippen LogP contribution < -0.4 is 5.73 Å². The van der Waals surface area contributed by atoms with Crippen molar-refractivity contribution in [3.05, 3.63) is 33.6 Å². The highest BCUT2D eigenvalue weighted by Gasteiger charge is 2.28. The lowest BCUT2D eigenvalue weighted by Gasteiger charge is -2.34. The summed E-state index contributed by atoms with van der Waals surface area (Å²) in [6.07, 6.45) is -0.617. The molecular formula is C15H19Cl2FN2O3. The molecule has 0 saturated carbocycles. The number of nitrogens with zero attached hydrogens (tertiary/aromatic N) is 1. The zero-order chi connectivity index (χ0) is 17.0. The molecule has 1 aromatic carbocycles. The van der Waals surface area contributed by atoms with Gasteiger partial charge in [0.1, 0.15) is 11.9 Å². The van der Waals surface area contributed by atoms with E-state index in [9.17, 15) is 9.18 Å². The van der Waals surface area contributed by atoms with Crippen LogP contribution in [0.25, 0.3) is 0 Å². The molecule has 0 aromatic heterocycles. The minimum Gasteiger partial charge on any atom is -0.380 e. The molecule has 2 rings (SSSR count). The Labute approximate surface area is 144 Å². The highest BCUT2D eigenvalue weighted by Crippen LogP contribution is 2.32. The van der Waals surface area contributed by atoms with Crippen molar-refractivity contribution in [3.8, 4) is 0 Å². The molecule has 1 aliphatic rings. The van der Waals surface area contributed by atoms with Gasteiger partial charge in [0, 0.05) is 30.8 Å². The van der Waals surface area contributed by atoms with Crippen LogP contribution in [-0.2, 0) is 14.3 Å². The third-order valence-corrected chi connectivity index (χ3v) is 4.42. The Kier molecular flexibility index (Phi) is 6.61. The molecule has 5 nitrogen and oxygen atoms in total. The quantitative estimate of drug-likeness (QED) is 0.814. The van der Waals surface area contributed by atoms with Gasteiger partial charge in [-0.15, -0.1) is 0 Å². The molecule has 1 aromatic rings. The molecule has 128 valence electrons. The van der Waals surface area contributed by atoms with Gasteiger partial charge in [-0.2, -0.15) is 0 Å². The smallest absolute Gasteiger partial charge is 0.225 e. The van der Waals surface area contributed by atoms with Crippen LogP contribution in [-0.4, -0.2) is 50.3 Å². The Hall–Kier alpha value is -0.920. The molecule has 1 aliphatic heterocycles. The monoisotopic (exact) mass is 364 g/mol. The summed E-state index contributed by atoms with van der Waals surface area (Å²) in [6, 6.07) is 2.59. The number of ether oxygens (including phenoxy) is 2. The summed E-state index contributed by atoms with van der Waals surface area (Å²) in [4.78, 5) is 14.0. The number of halogens is 3. The van der Waals surface area contributed by atoms with Crippen LogP contribution >= 0.6 is 23.2 Å². The highest BCUT2D eigenvalue weighted by atomic mass is 35.5. The second kappa shape index (κ2) is 8.26. The van der Waals surface area contributed by atoms with E-state index < -0.39 is 11.9 Å². The number of amides is 1. The molecule has 0 aliphatic carbocycles. The van der Waals surface area contributed by atoms with Gasteiger partial charge >= 0.3 is 0 Å². The molecule has 1 amide bonds. The van der Waals surface area contributed by atoms with E-state index in [-0.39, 0.29) is 30.0 Å². The first-order chi connectivity index (χ1) is 11.0. The fraction of sp³-hybridized carbons (Fsp3) is 0.533. The topological polar surface area (TPSA) is 64.8 Å². The van der Waals surface area contributed by atoms with Crippen molar-refractivity contribution >= 4 is 29.1 Å². The summed E-state index contributed by atoms with van der Waals surface area (Å²) in [6.45, 7) is 1.37. The highest BCUT2D eigenvalue weighted by molar-refractivity contribution is 6.35. The number of hydrogen-bond donors (Lipinski definition) is 1. The molecule has 23 heavy (non-hydrogen) atoms. The third kappa shape index (κ3) is 4.55. The lowest BCUT2D eigenvalue weighted by atomic mass is 10.1. The first-order valence-corrected chi connectivity index (χ1v) is 7.98. The van der Waals surface area contributed by atoms with E-state index in [0.29, 0.717) is 30.3 Å². The zero-order valence-corrected chi connectivity index (χ0v) is 14.2. The van der Waals surface area contributed by atoms with Crippen molar-refractivity contribution in [1.82, 2.24) is 4.90 Å². The van der Waals surface area contributed by atoms with E-state index in [4.69, 9.17) is 38.4 Å². The average molecular weight is 365 g/mol. The van der Waals surface area contributed by atoms with Gasteiger partial charge in [-0.25, -0.2) is 4.39 Å². The number of rotatable bonds is 5. The zero-order valence-electron chi connectivity index (χ0n) is 12.7. The summed E-state index contributed by atoms with van der Waals surface area (Å²) in [7, 11) is 1.52. The van der Waals surface area contributed by atoms with Crippen molar-refractivity contribution in [1.29, 1.82) is 0 Å². The summed E-state index contributed by atoms with van der Waals surface area (Å²) < 4.78 is 24.4. The molecule has 2 unspecified atom stereocenters. The van der Waals surface area contributed by atoms with Gasteiger partial charge in [0.25, 0.3) is 0 Å². The molecule has 1 heterocycles. The van der Waals surface area contributed by atoms with Crippen molar-refractivity contribution < 1.29 is 18.7 Å². The van der Waals surface area contributed by atoms with Gasteiger partial charge in [0.2, 0.25) is 5.91 Å². The number of morpholine rings is 1. The second-order valence-corrected chi connectivity index (χ2v) is 6.10. The maximum Gasteiger partial charge on any atom is 0.225 e. The van der Waals surface area contributed by atoms with Crippen LogP contribution in [0.15, 0.2) is 12.1 Å². The van der Waals surface area contributed by atoms with Crippen LogP contribution in [0.5, 0.6) is 0 Å². The Morgan fingerprint density at radius 2 is 2.26 bits per heavy atom. The predicted molar refractivity (Wildman–Crippen MR) is 86.2 cm³/mol. The molecule has 1 fully saturated rings. The van der Waals surface area contributed by atoms with Crippen molar-refractivity contribution in [2.24, 2.45) is 5.73 Å². The number of nitrogens with two attached hydrogens (primary N) is 1. The van der Waals surface area contributed by atoms with Crippen LogP contribution in [0, 0.1) is 5.82 Å². The van der Waals surface area contributed by atoms with E-state index in [0.717, 1.165) is 0 Å². The first kappa shape index (κ1) is 18.4. The second-order valence-electron chi connectivity index (χ2n) is 5.28. The molecule has 1 saturated heterocycles. The molecule has 0 spiro atoms. The Morgan fingerprint density at radius 1 is 1.52 bits per heavy atom. The maximum absolute atomic E-state index is 13.7. The molecule has 2 N–H and O–H groups in total. The normalized spacial score (nSPS) is 19.7. The van der Waals surface area contributed by atoms with E-state index in [1.807, 2.05) is 0 Å². The van der Waals surface area contributed by atoms with Gasteiger partial charge in [-0.05, 0) is 12.1 Å². The minimum absolute atomic E-state index is 0.0478. The third-order valence-electron chi connectivity index (χ3n) is 3.80. The maximum atomic E-state index is 13.7. The van der Waals surface area contributed by atoms with E-state index in [2.05, 4.69) is 0 Å². The molecule has 0 bridgehead atoms. The molecule has 0 radical (unpaired) electrons. The number of hydrogen-bond acceptors (Lipinski definition) is 4. The van der Waals surface area contributed by atoms with Gasteiger partial charge in [-0.3, -0.25) is 4.79 Å². The number of carbonyl (C=O) groups excluding carboxylic acids is 1. The Bertz CT molecular complexity index is 570. The fourth-order valence-electron chi connectivity index (χ4n) is 2.44. The SMILES string of the molecule is COC(CN)CC(=O)N1CCOC(c2cc(F)c(Cl)cc2Cl)C1. The molecule has 8 heteroatoms. The van der Waals surface area contributed by atoms with Gasteiger partial charge in [-0.1, -0.05) is 23.2 Å². The van der Waals surface area contributed by atoms with Crippen molar-refractivity contribution in [3.63, 3.8) is 0 Å². The van der Waals surface area contributed by atoms with E-state index in [1.165, 1.54) is 19.2 Å². The minimum atomic E-state index is -0.569. The molecule has 2 atom stereocenters. The van der Waals surface area contributed by atoms with Crippen LogP contribution in [0.2, 0.25) is 10.0 Å². The average Bonchev–Trinajstić information content (AvgIpc) is 2.55. The first-order valence-electron chi connectivity index (χ1n) is 7.23. The number of benzene rings is 1. The number of carbonyl (C=O) groups is 1. The predicted octanol–water partition coefficient (Wildman–Crippen LogP) is 2.40. The summed E-state index contributed by atoms with van der Waals surface area (Å²) in [5.74, 6) is -0.651.